The lowest BCUT2D eigenvalue weighted by Crippen LogP contribution is -2.43. The molecular weight excluding hydrogens is 252 g/mol. The number of carbonyl (C=O) groups excluding carboxylic acids is 1. The summed E-state index contributed by atoms with van der Waals surface area (Å²) in [6, 6.07) is 5.39. The Bertz CT molecular complexity index is 478. The molecule has 0 saturated carbocycles. The highest BCUT2D eigenvalue weighted by molar-refractivity contribution is 6.01. The Hall–Kier alpha value is -1.71. The summed E-state index contributed by atoms with van der Waals surface area (Å²) in [4.78, 5) is 14.4. The molecule has 0 saturated heterocycles. The van der Waals surface area contributed by atoms with Gasteiger partial charge < -0.3 is 15.4 Å². The lowest BCUT2D eigenvalue weighted by atomic mass is 9.87. The van der Waals surface area contributed by atoms with Crippen molar-refractivity contribution in [3.63, 3.8) is 0 Å². The Morgan fingerprint density at radius 3 is 2.50 bits per heavy atom. The van der Waals surface area contributed by atoms with Gasteiger partial charge in [0, 0.05) is 18.8 Å². The molecular formula is C16H26N2O2. The number of nitrogen functional groups attached to an aromatic ring is 1. The molecule has 0 aliphatic rings. The smallest absolute Gasteiger partial charge is 0.259 e. The van der Waals surface area contributed by atoms with Crippen LogP contribution in [0, 0.1) is 5.41 Å². The van der Waals surface area contributed by atoms with Crippen LogP contribution in [0.25, 0.3) is 0 Å². The standard InChI is InChI=1S/C16H26N2O2/c1-7-20-13-10-8-9-12(17)14(13)15(19)18(6)11(2)16(3,4)5/h8-11H,7,17H2,1-6H3. The fourth-order valence-corrected chi connectivity index (χ4v) is 1.99. The van der Waals surface area contributed by atoms with Gasteiger partial charge in [-0.05, 0) is 31.4 Å². The van der Waals surface area contributed by atoms with Gasteiger partial charge in [0.2, 0.25) is 0 Å². The van der Waals surface area contributed by atoms with Crippen molar-refractivity contribution >= 4 is 11.6 Å². The highest BCUT2D eigenvalue weighted by Crippen LogP contribution is 2.29. The molecule has 0 aliphatic carbocycles. The van der Waals surface area contributed by atoms with E-state index in [1.807, 2.05) is 13.8 Å². The first-order chi connectivity index (χ1) is 9.20. The Labute approximate surface area is 121 Å². The van der Waals surface area contributed by atoms with Crippen molar-refractivity contribution in [2.75, 3.05) is 19.4 Å². The van der Waals surface area contributed by atoms with Crippen molar-refractivity contribution in [1.29, 1.82) is 0 Å². The molecule has 0 heterocycles. The number of nitrogens with zero attached hydrogens (tertiary/aromatic N) is 1. The first-order valence-electron chi connectivity index (χ1n) is 6.98. The Kier molecular flexibility index (Phi) is 5.03. The van der Waals surface area contributed by atoms with E-state index in [0.29, 0.717) is 23.6 Å². The summed E-state index contributed by atoms with van der Waals surface area (Å²) in [6.45, 7) is 10.8. The van der Waals surface area contributed by atoms with Crippen molar-refractivity contribution in [2.24, 2.45) is 5.41 Å². The van der Waals surface area contributed by atoms with E-state index in [9.17, 15) is 4.79 Å². The number of carbonyl (C=O) groups is 1. The van der Waals surface area contributed by atoms with Crippen LogP contribution in [0.2, 0.25) is 0 Å². The first-order valence-corrected chi connectivity index (χ1v) is 6.98. The van der Waals surface area contributed by atoms with E-state index in [4.69, 9.17) is 10.5 Å². The molecule has 2 N–H and O–H groups in total. The van der Waals surface area contributed by atoms with Gasteiger partial charge >= 0.3 is 0 Å². The van der Waals surface area contributed by atoms with Crippen molar-refractivity contribution in [3.8, 4) is 5.75 Å². The second-order valence-corrected chi connectivity index (χ2v) is 6.11. The number of anilines is 1. The molecule has 1 aromatic carbocycles. The Balaban J connectivity index is 3.15. The number of benzene rings is 1. The lowest BCUT2D eigenvalue weighted by molar-refractivity contribution is 0.0626. The summed E-state index contributed by atoms with van der Waals surface area (Å²) in [6.07, 6.45) is 0. The molecule has 1 aromatic rings. The topological polar surface area (TPSA) is 55.6 Å². The average Bonchev–Trinajstić information content (AvgIpc) is 2.36. The third kappa shape index (κ3) is 3.44. The van der Waals surface area contributed by atoms with Gasteiger partial charge in [-0.3, -0.25) is 4.79 Å². The molecule has 1 amide bonds. The zero-order valence-corrected chi connectivity index (χ0v) is 13.4. The van der Waals surface area contributed by atoms with Gasteiger partial charge in [-0.15, -0.1) is 0 Å². The van der Waals surface area contributed by atoms with Gasteiger partial charge in [0.1, 0.15) is 11.3 Å². The highest BCUT2D eigenvalue weighted by Gasteiger charge is 2.29. The van der Waals surface area contributed by atoms with Crippen LogP contribution in [0.4, 0.5) is 5.69 Å². The van der Waals surface area contributed by atoms with Crippen LogP contribution < -0.4 is 10.5 Å². The van der Waals surface area contributed by atoms with Crippen molar-refractivity contribution in [2.45, 2.75) is 40.7 Å². The van der Waals surface area contributed by atoms with Gasteiger partial charge in [0.25, 0.3) is 5.91 Å². The molecule has 4 heteroatoms. The van der Waals surface area contributed by atoms with E-state index < -0.39 is 0 Å². The van der Waals surface area contributed by atoms with Crippen LogP contribution in [0.1, 0.15) is 45.0 Å². The third-order valence-electron chi connectivity index (χ3n) is 3.73. The second kappa shape index (κ2) is 6.16. The maximum Gasteiger partial charge on any atom is 0.259 e. The van der Waals surface area contributed by atoms with Crippen LogP contribution in [-0.2, 0) is 0 Å². The number of hydrogen-bond donors (Lipinski definition) is 1. The molecule has 0 aliphatic heterocycles. The SMILES string of the molecule is CCOc1cccc(N)c1C(=O)N(C)C(C)C(C)(C)C. The van der Waals surface area contributed by atoms with E-state index >= 15 is 0 Å². The van der Waals surface area contributed by atoms with Crippen molar-refractivity contribution in [1.82, 2.24) is 4.90 Å². The Morgan fingerprint density at radius 1 is 1.40 bits per heavy atom. The molecule has 0 bridgehead atoms. The zero-order chi connectivity index (χ0) is 15.5. The second-order valence-electron chi connectivity index (χ2n) is 6.11. The van der Waals surface area contributed by atoms with Gasteiger partial charge in [-0.1, -0.05) is 26.8 Å². The third-order valence-corrected chi connectivity index (χ3v) is 3.73. The highest BCUT2D eigenvalue weighted by atomic mass is 16.5. The predicted octanol–water partition coefficient (Wildman–Crippen LogP) is 3.17. The molecule has 4 nitrogen and oxygen atoms in total. The molecule has 0 aromatic heterocycles. The molecule has 0 spiro atoms. The average molecular weight is 278 g/mol. The summed E-state index contributed by atoms with van der Waals surface area (Å²) in [5.41, 5.74) is 6.88. The monoisotopic (exact) mass is 278 g/mol. The predicted molar refractivity (Wildman–Crippen MR) is 83.0 cm³/mol. The number of nitrogens with two attached hydrogens (primary N) is 1. The summed E-state index contributed by atoms with van der Waals surface area (Å²) < 4.78 is 5.53. The number of ether oxygens (including phenoxy) is 1. The fraction of sp³-hybridized carbons (Fsp3) is 0.562. The fourth-order valence-electron chi connectivity index (χ4n) is 1.99. The van der Waals surface area contributed by atoms with Gasteiger partial charge in [-0.2, -0.15) is 0 Å². The Morgan fingerprint density at radius 2 is 2.00 bits per heavy atom. The van der Waals surface area contributed by atoms with Crippen LogP contribution in [-0.4, -0.2) is 30.5 Å². The summed E-state index contributed by atoms with van der Waals surface area (Å²) in [5.74, 6) is 0.444. The van der Waals surface area contributed by atoms with Gasteiger partial charge in [0.15, 0.2) is 0 Å². The van der Waals surface area contributed by atoms with Gasteiger partial charge in [0.05, 0.1) is 6.61 Å². The molecule has 0 fully saturated rings. The number of hydrogen-bond acceptors (Lipinski definition) is 3. The molecule has 1 rings (SSSR count). The van der Waals surface area contributed by atoms with Crippen molar-refractivity contribution in [3.05, 3.63) is 23.8 Å². The van der Waals surface area contributed by atoms with Crippen molar-refractivity contribution < 1.29 is 9.53 Å². The van der Waals surface area contributed by atoms with E-state index in [1.165, 1.54) is 0 Å². The minimum atomic E-state index is -0.103. The molecule has 112 valence electrons. The maximum absolute atomic E-state index is 12.7. The number of amides is 1. The normalized spacial score (nSPS) is 12.9. The van der Waals surface area contributed by atoms with E-state index in [0.717, 1.165) is 0 Å². The molecule has 0 radical (unpaired) electrons. The van der Waals surface area contributed by atoms with E-state index in [-0.39, 0.29) is 17.4 Å². The lowest BCUT2D eigenvalue weighted by Gasteiger charge is -2.35. The van der Waals surface area contributed by atoms with E-state index in [2.05, 4.69) is 20.8 Å². The zero-order valence-electron chi connectivity index (χ0n) is 13.4. The van der Waals surface area contributed by atoms with Crippen LogP contribution in [0.3, 0.4) is 0 Å². The van der Waals surface area contributed by atoms with Crippen LogP contribution in [0.15, 0.2) is 18.2 Å². The first kappa shape index (κ1) is 16.3. The molecule has 1 unspecified atom stereocenters. The van der Waals surface area contributed by atoms with Crippen LogP contribution in [0.5, 0.6) is 5.75 Å². The number of rotatable bonds is 4. The minimum Gasteiger partial charge on any atom is -0.493 e. The summed E-state index contributed by atoms with van der Waals surface area (Å²) in [5, 5.41) is 0. The summed E-state index contributed by atoms with van der Waals surface area (Å²) >= 11 is 0. The molecule has 20 heavy (non-hydrogen) atoms. The largest absolute Gasteiger partial charge is 0.493 e. The summed E-state index contributed by atoms with van der Waals surface area (Å²) in [7, 11) is 1.81. The molecule has 1 atom stereocenters. The maximum atomic E-state index is 12.7. The quantitative estimate of drug-likeness (QED) is 0.861. The minimum absolute atomic E-state index is 0.000269. The van der Waals surface area contributed by atoms with Gasteiger partial charge in [-0.25, -0.2) is 0 Å². The van der Waals surface area contributed by atoms with E-state index in [1.54, 1.807) is 30.1 Å². The van der Waals surface area contributed by atoms with Crippen LogP contribution >= 0.6 is 0 Å².